The molecular weight excluding hydrogens is 256 g/mol. The average Bonchev–Trinajstić information content (AvgIpc) is 2.86. The molecule has 0 aromatic heterocycles. The highest BCUT2D eigenvalue weighted by Crippen LogP contribution is 2.21. The summed E-state index contributed by atoms with van der Waals surface area (Å²) in [5.74, 6) is -1.06. The minimum Gasteiger partial charge on any atom is -0.347 e. The Morgan fingerprint density at radius 2 is 2.05 bits per heavy atom. The molecule has 1 amide bonds. The third-order valence-corrected chi connectivity index (χ3v) is 2.82. The molecule has 0 bridgehead atoms. The summed E-state index contributed by atoms with van der Waals surface area (Å²) >= 11 is 0. The van der Waals surface area contributed by atoms with Crippen molar-refractivity contribution in [1.29, 1.82) is 0 Å². The second-order valence-corrected chi connectivity index (χ2v) is 4.59. The lowest BCUT2D eigenvalue weighted by atomic mass is 10.2. The smallest absolute Gasteiger partial charge is 0.245 e. The van der Waals surface area contributed by atoms with Crippen LogP contribution in [0.2, 0.25) is 0 Å². The number of allylic oxidation sites excluding steroid dienone is 1. The van der Waals surface area contributed by atoms with Crippen LogP contribution in [0.5, 0.6) is 0 Å². The van der Waals surface area contributed by atoms with Crippen LogP contribution >= 0.6 is 0 Å². The largest absolute Gasteiger partial charge is 0.347 e. The Balaban J connectivity index is 1.73. The van der Waals surface area contributed by atoms with Crippen molar-refractivity contribution in [3.8, 4) is 0 Å². The molecule has 5 heteroatoms. The molecule has 0 aliphatic carbocycles. The van der Waals surface area contributed by atoms with Crippen LogP contribution in [-0.4, -0.2) is 31.1 Å². The Morgan fingerprint density at radius 1 is 1.35 bits per heavy atom. The third kappa shape index (κ3) is 4.60. The van der Waals surface area contributed by atoms with Crippen LogP contribution in [0.1, 0.15) is 18.9 Å². The van der Waals surface area contributed by atoms with Gasteiger partial charge >= 0.3 is 0 Å². The summed E-state index contributed by atoms with van der Waals surface area (Å²) in [4.78, 5) is 11.6. The van der Waals surface area contributed by atoms with E-state index in [1.807, 2.05) is 36.4 Å². The summed E-state index contributed by atoms with van der Waals surface area (Å²) in [6.45, 7) is 2.79. The van der Waals surface area contributed by atoms with Crippen LogP contribution in [0.4, 0.5) is 0 Å². The number of hydrogen-bond acceptors (Lipinski definition) is 4. The first-order valence-electron chi connectivity index (χ1n) is 6.49. The number of nitrogens with one attached hydrogen (secondary N) is 1. The molecule has 1 aliphatic heterocycles. The van der Waals surface area contributed by atoms with Gasteiger partial charge in [0.05, 0.1) is 19.6 Å². The van der Waals surface area contributed by atoms with E-state index in [2.05, 4.69) is 10.5 Å². The molecule has 1 fully saturated rings. The Morgan fingerprint density at radius 3 is 2.75 bits per heavy atom. The summed E-state index contributed by atoms with van der Waals surface area (Å²) in [5, 5.41) is 3.84. The molecule has 5 nitrogen and oxygen atoms in total. The Labute approximate surface area is 118 Å². The maximum absolute atomic E-state index is 11.6. The zero-order valence-corrected chi connectivity index (χ0v) is 11.4. The van der Waals surface area contributed by atoms with Crippen molar-refractivity contribution in [1.82, 2.24) is 5.43 Å². The summed E-state index contributed by atoms with van der Waals surface area (Å²) in [6.07, 6.45) is 5.33. The van der Waals surface area contributed by atoms with Crippen molar-refractivity contribution in [3.63, 3.8) is 0 Å². The molecule has 106 valence electrons. The first-order chi connectivity index (χ1) is 9.68. The molecule has 0 spiro atoms. The lowest BCUT2D eigenvalue weighted by Gasteiger charge is -2.20. The van der Waals surface area contributed by atoms with Gasteiger partial charge in [-0.05, 0) is 18.6 Å². The van der Waals surface area contributed by atoms with Gasteiger partial charge < -0.3 is 9.47 Å². The van der Waals surface area contributed by atoms with Crippen molar-refractivity contribution >= 4 is 18.2 Å². The zero-order valence-electron chi connectivity index (χ0n) is 11.4. The SMILES string of the molecule is CC1(CC(=O)N/N=C/C=C/c2ccccc2)OCCO1. The molecule has 0 unspecified atom stereocenters. The van der Waals surface area contributed by atoms with Crippen LogP contribution in [-0.2, 0) is 14.3 Å². The number of carbonyl (C=O) groups excluding carboxylic acids is 1. The van der Waals surface area contributed by atoms with E-state index in [1.165, 1.54) is 6.21 Å². The van der Waals surface area contributed by atoms with Crippen molar-refractivity contribution < 1.29 is 14.3 Å². The summed E-state index contributed by atoms with van der Waals surface area (Å²) < 4.78 is 10.7. The molecule has 0 saturated carbocycles. The molecule has 2 rings (SSSR count). The predicted molar refractivity (Wildman–Crippen MR) is 77.0 cm³/mol. The maximum atomic E-state index is 11.6. The predicted octanol–water partition coefficient (Wildman–Crippen LogP) is 1.95. The molecular formula is C15H18N2O3. The van der Waals surface area contributed by atoms with Gasteiger partial charge in [0.15, 0.2) is 5.79 Å². The van der Waals surface area contributed by atoms with Gasteiger partial charge in [0.2, 0.25) is 5.91 Å². The number of carbonyl (C=O) groups is 1. The third-order valence-electron chi connectivity index (χ3n) is 2.82. The fourth-order valence-electron chi connectivity index (χ4n) is 1.86. The standard InChI is InChI=1S/C15H18N2O3/c1-15(19-10-11-20-15)12-14(18)17-16-9-5-8-13-6-3-2-4-7-13/h2-9H,10-12H2,1H3,(H,17,18)/b8-5+,16-9+. The topological polar surface area (TPSA) is 59.9 Å². The molecule has 0 atom stereocenters. The Kier molecular flexibility index (Phi) is 5.03. The first-order valence-corrected chi connectivity index (χ1v) is 6.49. The monoisotopic (exact) mass is 274 g/mol. The average molecular weight is 274 g/mol. The highest BCUT2D eigenvalue weighted by molar-refractivity contribution is 5.81. The van der Waals surface area contributed by atoms with Crippen molar-refractivity contribution in [2.75, 3.05) is 13.2 Å². The number of rotatable bonds is 5. The van der Waals surface area contributed by atoms with Gasteiger partial charge in [0.25, 0.3) is 0 Å². The van der Waals surface area contributed by atoms with Crippen LogP contribution in [0.3, 0.4) is 0 Å². The van der Waals surface area contributed by atoms with E-state index in [-0.39, 0.29) is 12.3 Å². The van der Waals surface area contributed by atoms with E-state index in [9.17, 15) is 4.79 Å². The van der Waals surface area contributed by atoms with E-state index >= 15 is 0 Å². The molecule has 1 aliphatic rings. The van der Waals surface area contributed by atoms with E-state index in [0.717, 1.165) is 5.56 Å². The number of hydrogen-bond donors (Lipinski definition) is 1. The lowest BCUT2D eigenvalue weighted by molar-refractivity contribution is -0.159. The normalized spacial score (nSPS) is 17.9. The van der Waals surface area contributed by atoms with Gasteiger partial charge in [-0.3, -0.25) is 4.79 Å². The molecule has 1 heterocycles. The fraction of sp³-hybridized carbons (Fsp3) is 0.333. The molecule has 1 aromatic rings. The van der Waals surface area contributed by atoms with E-state index < -0.39 is 5.79 Å². The number of hydrazone groups is 1. The summed E-state index contributed by atoms with van der Waals surface area (Å²) in [5.41, 5.74) is 3.51. The molecule has 1 N–H and O–H groups in total. The van der Waals surface area contributed by atoms with Crippen LogP contribution < -0.4 is 5.43 Å². The highest BCUT2D eigenvalue weighted by atomic mass is 16.7. The highest BCUT2D eigenvalue weighted by Gasteiger charge is 2.33. The van der Waals surface area contributed by atoms with Crippen molar-refractivity contribution in [3.05, 3.63) is 42.0 Å². The molecule has 20 heavy (non-hydrogen) atoms. The number of nitrogens with zero attached hydrogens (tertiary/aromatic N) is 1. The minimum absolute atomic E-state index is 0.132. The Bertz CT molecular complexity index is 491. The summed E-state index contributed by atoms with van der Waals surface area (Å²) in [7, 11) is 0. The second-order valence-electron chi connectivity index (χ2n) is 4.59. The summed E-state index contributed by atoms with van der Waals surface area (Å²) in [6, 6.07) is 9.85. The van der Waals surface area contributed by atoms with Gasteiger partial charge in [-0.2, -0.15) is 5.10 Å². The van der Waals surface area contributed by atoms with Gasteiger partial charge in [0, 0.05) is 6.21 Å². The first kappa shape index (κ1) is 14.4. The van der Waals surface area contributed by atoms with Gasteiger partial charge in [0.1, 0.15) is 0 Å². The second kappa shape index (κ2) is 6.98. The van der Waals surface area contributed by atoms with Crippen molar-refractivity contribution in [2.45, 2.75) is 19.1 Å². The quantitative estimate of drug-likeness (QED) is 0.659. The van der Waals surface area contributed by atoms with E-state index in [4.69, 9.17) is 9.47 Å². The lowest BCUT2D eigenvalue weighted by Crippen LogP contribution is -2.33. The van der Waals surface area contributed by atoms with Gasteiger partial charge in [-0.25, -0.2) is 5.43 Å². The fourth-order valence-corrected chi connectivity index (χ4v) is 1.86. The van der Waals surface area contributed by atoms with Crippen molar-refractivity contribution in [2.24, 2.45) is 5.10 Å². The Hall–Kier alpha value is -1.98. The van der Waals surface area contributed by atoms with Gasteiger partial charge in [-0.15, -0.1) is 0 Å². The molecule has 0 radical (unpaired) electrons. The molecule has 1 aromatic carbocycles. The number of ether oxygens (including phenoxy) is 2. The van der Waals surface area contributed by atoms with Crippen LogP contribution in [0.25, 0.3) is 6.08 Å². The zero-order chi connectivity index (χ0) is 14.3. The van der Waals surface area contributed by atoms with E-state index in [1.54, 1.807) is 13.0 Å². The molecule has 1 saturated heterocycles. The van der Waals surface area contributed by atoms with Crippen LogP contribution in [0.15, 0.2) is 41.5 Å². The minimum atomic E-state index is -0.820. The maximum Gasteiger partial charge on any atom is 0.245 e. The number of amides is 1. The van der Waals surface area contributed by atoms with Crippen LogP contribution in [0, 0.1) is 0 Å². The van der Waals surface area contributed by atoms with E-state index in [0.29, 0.717) is 13.2 Å². The number of benzene rings is 1. The van der Waals surface area contributed by atoms with Gasteiger partial charge in [-0.1, -0.05) is 36.4 Å².